The number of ether oxygens (including phenoxy) is 1. The number of nitrogens with one attached hydrogen (secondary N) is 3. The van der Waals surface area contributed by atoms with E-state index < -0.39 is 76.6 Å². The number of likely N-dealkylation sites (tertiary alicyclic amines) is 1. The molecule has 1 aromatic carbocycles. The number of nitrogens with two attached hydrogens (primary N) is 1. The highest BCUT2D eigenvalue weighted by Gasteiger charge is 2.48. The fourth-order valence-corrected chi connectivity index (χ4v) is 6.60. The fraction of sp³-hybridized carbons (Fsp3) is 0.676. The number of carbonyl (C=O) groups is 6. The zero-order chi connectivity index (χ0) is 36.8. The van der Waals surface area contributed by atoms with Crippen molar-refractivity contribution in [3.8, 4) is 0 Å². The molecule has 2 unspecified atom stereocenters. The van der Waals surface area contributed by atoms with E-state index in [-0.39, 0.29) is 24.3 Å². The third kappa shape index (κ3) is 10.3. The van der Waals surface area contributed by atoms with Gasteiger partial charge in [0.15, 0.2) is 0 Å². The van der Waals surface area contributed by atoms with E-state index in [1.807, 2.05) is 44.2 Å². The minimum Gasteiger partial charge on any atom is -0.456 e. The summed E-state index contributed by atoms with van der Waals surface area (Å²) < 4.78 is 5.75. The summed E-state index contributed by atoms with van der Waals surface area (Å²) in [6.07, 6.45) is 3.14. The summed E-state index contributed by atoms with van der Waals surface area (Å²) in [5.74, 6) is -3.56. The molecule has 0 bridgehead atoms. The van der Waals surface area contributed by atoms with E-state index in [0.717, 1.165) is 24.8 Å². The molecule has 0 spiro atoms. The SMILES string of the molecule is CC(C)C1CCN(C(=O)[C@@H](NC(=O)N[C@H](C(=O)O[C@@H](C)c2ccccc2)C(C)(C)C)C(C)(C)C)[C@@H]1C(=O)NC(CC1CCC1)C(=O)C(N)=O. The number of rotatable bonds is 13. The lowest BCUT2D eigenvalue weighted by molar-refractivity contribution is -0.153. The van der Waals surface area contributed by atoms with Crippen molar-refractivity contribution in [1.29, 1.82) is 0 Å². The van der Waals surface area contributed by atoms with Gasteiger partial charge in [0, 0.05) is 6.54 Å². The summed E-state index contributed by atoms with van der Waals surface area (Å²) in [4.78, 5) is 81.4. The average Bonchev–Trinajstić information content (AvgIpc) is 3.44. The number of hydrogen-bond acceptors (Lipinski definition) is 7. The largest absolute Gasteiger partial charge is 0.456 e. The van der Waals surface area contributed by atoms with Gasteiger partial charge in [0.05, 0.1) is 6.04 Å². The number of ketones is 1. The number of amides is 5. The lowest BCUT2D eigenvalue weighted by atomic mass is 9.80. The Kier molecular flexibility index (Phi) is 13.0. The molecule has 0 radical (unpaired) electrons. The summed E-state index contributed by atoms with van der Waals surface area (Å²) in [7, 11) is 0. The monoisotopic (exact) mass is 683 g/mol. The van der Waals surface area contributed by atoms with E-state index in [2.05, 4.69) is 16.0 Å². The topological polar surface area (TPSA) is 177 Å². The van der Waals surface area contributed by atoms with Crippen molar-refractivity contribution < 1.29 is 33.5 Å². The van der Waals surface area contributed by atoms with Crippen molar-refractivity contribution in [1.82, 2.24) is 20.9 Å². The maximum Gasteiger partial charge on any atom is 0.329 e. The number of Topliss-reactive ketones (excluding diaryl/α,β-unsaturated/α-hetero) is 1. The van der Waals surface area contributed by atoms with Crippen molar-refractivity contribution in [3.63, 3.8) is 0 Å². The highest BCUT2D eigenvalue weighted by atomic mass is 16.5. The average molecular weight is 684 g/mol. The summed E-state index contributed by atoms with van der Waals surface area (Å²) >= 11 is 0. The van der Waals surface area contributed by atoms with Crippen molar-refractivity contribution in [2.45, 2.75) is 125 Å². The lowest BCUT2D eigenvalue weighted by Gasteiger charge is -2.38. The molecule has 1 saturated carbocycles. The van der Waals surface area contributed by atoms with E-state index in [9.17, 15) is 28.8 Å². The fourth-order valence-electron chi connectivity index (χ4n) is 6.60. The first kappa shape index (κ1) is 39.5. The van der Waals surface area contributed by atoms with Crippen molar-refractivity contribution in [2.24, 2.45) is 34.3 Å². The number of esters is 1. The number of hydrogen-bond donors (Lipinski definition) is 4. The Labute approximate surface area is 291 Å². The van der Waals surface area contributed by atoms with E-state index >= 15 is 0 Å². The lowest BCUT2D eigenvalue weighted by Crippen LogP contribution is -2.62. The molecule has 1 aliphatic carbocycles. The zero-order valence-corrected chi connectivity index (χ0v) is 30.6. The van der Waals surface area contributed by atoms with Crippen LogP contribution >= 0.6 is 0 Å². The molecule has 1 aromatic rings. The molecule has 5 N–H and O–H groups in total. The first-order chi connectivity index (χ1) is 22.7. The third-order valence-corrected chi connectivity index (χ3v) is 9.85. The molecule has 1 aliphatic heterocycles. The maximum absolute atomic E-state index is 14.4. The molecule has 3 rings (SSSR count). The normalized spacial score (nSPS) is 20.7. The zero-order valence-electron chi connectivity index (χ0n) is 30.6. The minimum absolute atomic E-state index is 0.0200. The molecule has 2 aliphatic rings. The molecule has 6 atom stereocenters. The first-order valence-electron chi connectivity index (χ1n) is 17.5. The van der Waals surface area contributed by atoms with E-state index in [1.165, 1.54) is 4.90 Å². The molecular formula is C37H57N5O7. The minimum atomic E-state index is -1.11. The number of nitrogens with zero attached hydrogens (tertiary/aromatic N) is 1. The Hall–Kier alpha value is -3.96. The van der Waals surface area contributed by atoms with E-state index in [4.69, 9.17) is 10.5 Å². The van der Waals surface area contributed by atoms with Gasteiger partial charge in [-0.1, -0.05) is 105 Å². The van der Waals surface area contributed by atoms with Gasteiger partial charge < -0.3 is 31.3 Å². The second-order valence-electron chi connectivity index (χ2n) is 16.2. The predicted octanol–water partition coefficient (Wildman–Crippen LogP) is 4.02. The molecule has 12 heteroatoms. The molecule has 0 aromatic heterocycles. The highest BCUT2D eigenvalue weighted by Crippen LogP contribution is 2.35. The van der Waals surface area contributed by atoms with E-state index in [0.29, 0.717) is 12.8 Å². The molecule has 272 valence electrons. The molecule has 5 amide bonds. The van der Waals surface area contributed by atoms with Crippen molar-refractivity contribution >= 4 is 35.5 Å². The van der Waals surface area contributed by atoms with Gasteiger partial charge in [0.2, 0.25) is 17.6 Å². The van der Waals surface area contributed by atoms with Gasteiger partial charge >= 0.3 is 12.0 Å². The predicted molar refractivity (Wildman–Crippen MR) is 186 cm³/mol. The molecule has 12 nitrogen and oxygen atoms in total. The van der Waals surface area contributed by atoms with Crippen LogP contribution in [-0.2, 0) is 28.7 Å². The molecular weight excluding hydrogens is 626 g/mol. The van der Waals surface area contributed by atoms with Crippen LogP contribution in [0.3, 0.4) is 0 Å². The number of urea groups is 1. The van der Waals surface area contributed by atoms with Gasteiger partial charge in [-0.2, -0.15) is 0 Å². The Morgan fingerprint density at radius 2 is 1.43 bits per heavy atom. The standard InChI is InChI=1S/C37H57N5O7/c1-21(2)25-18-19-42(27(25)32(45)39-26(28(43)31(38)44)20-23-14-13-15-23)33(46)29(36(4,5)6)40-35(48)41-30(37(7,8)9)34(47)49-22(3)24-16-11-10-12-17-24/h10-12,16-17,21-23,25-27,29-30H,13-15,18-20H2,1-9H3,(H2,38,44)(H,39,45)(H2,40,41,48)/t22-,25?,26?,27-,29+,30+/m0/s1. The number of primary amides is 1. The van der Waals surface area contributed by atoms with Crippen LogP contribution < -0.4 is 21.7 Å². The van der Waals surface area contributed by atoms with Gasteiger partial charge in [-0.25, -0.2) is 9.59 Å². The van der Waals surface area contributed by atoms with Gasteiger partial charge in [0.1, 0.15) is 24.2 Å². The Balaban J connectivity index is 1.82. The van der Waals surface area contributed by atoms with Crippen molar-refractivity contribution in [2.75, 3.05) is 6.54 Å². The molecule has 49 heavy (non-hydrogen) atoms. The van der Waals surface area contributed by atoms with Crippen LogP contribution in [0.5, 0.6) is 0 Å². The molecule has 1 saturated heterocycles. The maximum atomic E-state index is 14.4. The first-order valence-corrected chi connectivity index (χ1v) is 17.5. The van der Waals surface area contributed by atoms with Crippen LogP contribution in [0.1, 0.15) is 106 Å². The van der Waals surface area contributed by atoms with Gasteiger partial charge in [-0.3, -0.25) is 19.2 Å². The van der Waals surface area contributed by atoms with Crippen LogP contribution in [0.25, 0.3) is 0 Å². The summed E-state index contributed by atoms with van der Waals surface area (Å²) in [6.45, 7) is 16.8. The Morgan fingerprint density at radius 3 is 1.92 bits per heavy atom. The van der Waals surface area contributed by atoms with Gasteiger partial charge in [-0.15, -0.1) is 0 Å². The van der Waals surface area contributed by atoms with Crippen LogP contribution in [-0.4, -0.2) is 71.1 Å². The second kappa shape index (κ2) is 16.2. The highest BCUT2D eigenvalue weighted by molar-refractivity contribution is 6.37. The molecule has 1 heterocycles. The van der Waals surface area contributed by atoms with Gasteiger partial charge in [-0.05, 0) is 53.9 Å². The third-order valence-electron chi connectivity index (χ3n) is 9.85. The van der Waals surface area contributed by atoms with Crippen LogP contribution in [0.4, 0.5) is 4.79 Å². The number of carbonyl (C=O) groups excluding carboxylic acids is 6. The number of benzene rings is 1. The quantitative estimate of drug-likeness (QED) is 0.179. The smallest absolute Gasteiger partial charge is 0.329 e. The van der Waals surface area contributed by atoms with E-state index in [1.54, 1.807) is 48.5 Å². The Morgan fingerprint density at radius 1 is 0.857 bits per heavy atom. The van der Waals surface area contributed by atoms with Crippen LogP contribution in [0.15, 0.2) is 30.3 Å². The van der Waals surface area contributed by atoms with Gasteiger partial charge in [0.25, 0.3) is 5.91 Å². The second-order valence-corrected chi connectivity index (χ2v) is 16.2. The summed E-state index contributed by atoms with van der Waals surface area (Å²) in [6, 6.07) is 4.42. The molecule has 2 fully saturated rings. The summed E-state index contributed by atoms with van der Waals surface area (Å²) in [5.41, 5.74) is 4.62. The van der Waals surface area contributed by atoms with Crippen LogP contribution in [0, 0.1) is 28.6 Å². The van der Waals surface area contributed by atoms with Crippen molar-refractivity contribution in [3.05, 3.63) is 35.9 Å². The Bertz CT molecular complexity index is 1360. The van der Waals surface area contributed by atoms with Crippen LogP contribution in [0.2, 0.25) is 0 Å². The summed E-state index contributed by atoms with van der Waals surface area (Å²) in [5, 5.41) is 8.32.